The van der Waals surface area contributed by atoms with Gasteiger partial charge in [-0.15, -0.1) is 0 Å². The fourth-order valence-electron chi connectivity index (χ4n) is 3.12. The van der Waals surface area contributed by atoms with Crippen LogP contribution in [-0.4, -0.2) is 0 Å². The van der Waals surface area contributed by atoms with Gasteiger partial charge in [0.2, 0.25) is 0 Å². The molecule has 20 heavy (non-hydrogen) atoms. The molecule has 3 aromatic rings. The normalized spacial score (nSPS) is 17.5. The third-order valence-electron chi connectivity index (χ3n) is 4.13. The van der Waals surface area contributed by atoms with Crippen molar-refractivity contribution in [3.8, 4) is 0 Å². The Morgan fingerprint density at radius 1 is 1.05 bits per heavy atom. The van der Waals surface area contributed by atoms with Crippen molar-refractivity contribution in [3.05, 3.63) is 71.5 Å². The van der Waals surface area contributed by atoms with Gasteiger partial charge in [0.15, 0.2) is 0 Å². The van der Waals surface area contributed by atoms with Crippen molar-refractivity contribution < 1.29 is 4.42 Å². The van der Waals surface area contributed by atoms with E-state index < -0.39 is 0 Å². The molecule has 1 aromatic heterocycles. The largest absolute Gasteiger partial charge is 0.460 e. The predicted molar refractivity (Wildman–Crippen MR) is 80.6 cm³/mol. The molecule has 2 aromatic carbocycles. The van der Waals surface area contributed by atoms with Gasteiger partial charge < -0.3 is 9.73 Å². The van der Waals surface area contributed by atoms with Crippen LogP contribution in [0.25, 0.3) is 11.0 Å². The van der Waals surface area contributed by atoms with Crippen molar-refractivity contribution in [2.45, 2.75) is 25.4 Å². The molecule has 1 heterocycles. The first-order valence-corrected chi connectivity index (χ1v) is 7.19. The van der Waals surface area contributed by atoms with Gasteiger partial charge in [0.25, 0.3) is 0 Å². The highest BCUT2D eigenvalue weighted by Crippen LogP contribution is 2.31. The zero-order valence-electron chi connectivity index (χ0n) is 11.3. The number of rotatable bonds is 3. The number of hydrogen-bond acceptors (Lipinski definition) is 2. The Kier molecular flexibility index (Phi) is 2.82. The van der Waals surface area contributed by atoms with Crippen molar-refractivity contribution in [1.82, 2.24) is 5.32 Å². The predicted octanol–water partition coefficient (Wildman–Crippen LogP) is 4.21. The lowest BCUT2D eigenvalue weighted by Gasteiger charge is -2.12. The molecule has 0 aliphatic heterocycles. The van der Waals surface area contributed by atoms with E-state index in [2.05, 4.69) is 41.7 Å². The van der Waals surface area contributed by atoms with Gasteiger partial charge in [-0.2, -0.15) is 0 Å². The van der Waals surface area contributed by atoms with Crippen LogP contribution in [0.5, 0.6) is 0 Å². The quantitative estimate of drug-likeness (QED) is 0.765. The minimum Gasteiger partial charge on any atom is -0.460 e. The molecule has 0 saturated heterocycles. The van der Waals surface area contributed by atoms with Gasteiger partial charge in [0, 0.05) is 11.4 Å². The summed E-state index contributed by atoms with van der Waals surface area (Å²) in [5.74, 6) is 1.01. The van der Waals surface area contributed by atoms with Gasteiger partial charge in [-0.25, -0.2) is 0 Å². The summed E-state index contributed by atoms with van der Waals surface area (Å²) in [6.07, 6.45) is 2.35. The Labute approximate surface area is 118 Å². The van der Waals surface area contributed by atoms with Crippen LogP contribution in [0.4, 0.5) is 0 Å². The van der Waals surface area contributed by atoms with Gasteiger partial charge >= 0.3 is 0 Å². The summed E-state index contributed by atoms with van der Waals surface area (Å²) in [4.78, 5) is 0. The molecule has 0 spiro atoms. The molecule has 1 N–H and O–H groups in total. The van der Waals surface area contributed by atoms with Crippen molar-refractivity contribution >= 4 is 11.0 Å². The van der Waals surface area contributed by atoms with E-state index >= 15 is 0 Å². The monoisotopic (exact) mass is 263 g/mol. The van der Waals surface area contributed by atoms with Gasteiger partial charge in [0.05, 0.1) is 6.54 Å². The average molecular weight is 263 g/mol. The Bertz CT molecular complexity index is 711. The van der Waals surface area contributed by atoms with Gasteiger partial charge in [-0.1, -0.05) is 42.5 Å². The molecule has 2 heteroatoms. The van der Waals surface area contributed by atoms with Gasteiger partial charge in [0.1, 0.15) is 11.3 Å². The summed E-state index contributed by atoms with van der Waals surface area (Å²) in [7, 11) is 0. The maximum Gasteiger partial charge on any atom is 0.134 e. The molecule has 0 fully saturated rings. The van der Waals surface area contributed by atoms with E-state index in [1.807, 2.05) is 18.2 Å². The number of nitrogens with one attached hydrogen (secondary N) is 1. The van der Waals surface area contributed by atoms with E-state index in [4.69, 9.17) is 4.42 Å². The molecule has 1 aliphatic rings. The van der Waals surface area contributed by atoms with Crippen LogP contribution in [0, 0.1) is 0 Å². The smallest absolute Gasteiger partial charge is 0.134 e. The second-order valence-corrected chi connectivity index (χ2v) is 5.42. The second kappa shape index (κ2) is 4.80. The van der Waals surface area contributed by atoms with Crippen LogP contribution in [0.3, 0.4) is 0 Å². The first-order chi connectivity index (χ1) is 9.90. The highest BCUT2D eigenvalue weighted by molar-refractivity contribution is 5.77. The number of benzene rings is 2. The zero-order valence-corrected chi connectivity index (χ0v) is 11.3. The Morgan fingerprint density at radius 3 is 2.85 bits per heavy atom. The van der Waals surface area contributed by atoms with Crippen LogP contribution < -0.4 is 5.32 Å². The number of fused-ring (bicyclic) bond motifs is 2. The fraction of sp³-hybridized carbons (Fsp3) is 0.222. The molecule has 0 radical (unpaired) electrons. The minimum absolute atomic E-state index is 0.458. The molecular formula is C18H17NO. The SMILES string of the molecule is c1ccc2c(c1)CCC2NCc1cc2ccccc2o1. The highest BCUT2D eigenvalue weighted by Gasteiger charge is 2.21. The first kappa shape index (κ1) is 11.7. The summed E-state index contributed by atoms with van der Waals surface area (Å²) in [5.41, 5.74) is 3.90. The number of para-hydroxylation sites is 1. The fourth-order valence-corrected chi connectivity index (χ4v) is 3.12. The van der Waals surface area contributed by atoms with E-state index in [-0.39, 0.29) is 0 Å². The third kappa shape index (κ3) is 2.02. The van der Waals surface area contributed by atoms with Crippen LogP contribution in [0.2, 0.25) is 0 Å². The van der Waals surface area contributed by atoms with Crippen LogP contribution in [0.15, 0.2) is 59.0 Å². The average Bonchev–Trinajstić information content (AvgIpc) is 3.08. The molecule has 2 nitrogen and oxygen atoms in total. The van der Waals surface area contributed by atoms with Crippen molar-refractivity contribution in [1.29, 1.82) is 0 Å². The summed E-state index contributed by atoms with van der Waals surface area (Å²) in [6.45, 7) is 0.785. The van der Waals surface area contributed by atoms with E-state index in [0.29, 0.717) is 6.04 Å². The maximum absolute atomic E-state index is 5.85. The van der Waals surface area contributed by atoms with Crippen molar-refractivity contribution in [2.24, 2.45) is 0 Å². The Hall–Kier alpha value is -2.06. The summed E-state index contributed by atoms with van der Waals surface area (Å²) in [6, 6.07) is 19.5. The van der Waals surface area contributed by atoms with Gasteiger partial charge in [-0.3, -0.25) is 0 Å². The molecule has 0 amide bonds. The number of hydrogen-bond donors (Lipinski definition) is 1. The van der Waals surface area contributed by atoms with Crippen molar-refractivity contribution in [3.63, 3.8) is 0 Å². The second-order valence-electron chi connectivity index (χ2n) is 5.42. The topological polar surface area (TPSA) is 25.2 Å². The molecular weight excluding hydrogens is 246 g/mol. The third-order valence-corrected chi connectivity index (χ3v) is 4.13. The Morgan fingerprint density at radius 2 is 1.90 bits per heavy atom. The van der Waals surface area contributed by atoms with Crippen LogP contribution in [0.1, 0.15) is 29.3 Å². The minimum atomic E-state index is 0.458. The first-order valence-electron chi connectivity index (χ1n) is 7.19. The van der Waals surface area contributed by atoms with E-state index in [0.717, 1.165) is 17.9 Å². The molecule has 0 saturated carbocycles. The summed E-state index contributed by atoms with van der Waals surface area (Å²) >= 11 is 0. The van der Waals surface area contributed by atoms with Crippen LogP contribution >= 0.6 is 0 Å². The molecule has 100 valence electrons. The van der Waals surface area contributed by atoms with Crippen molar-refractivity contribution in [2.75, 3.05) is 0 Å². The standard InChI is InChI=1S/C18H17NO/c1-3-7-16-13(5-1)9-10-17(16)19-12-15-11-14-6-2-4-8-18(14)20-15/h1-8,11,17,19H,9-10,12H2. The Balaban J connectivity index is 1.51. The van der Waals surface area contributed by atoms with Crippen LogP contribution in [-0.2, 0) is 13.0 Å². The lowest BCUT2D eigenvalue weighted by Crippen LogP contribution is -2.18. The highest BCUT2D eigenvalue weighted by atomic mass is 16.3. The number of aryl methyl sites for hydroxylation is 1. The number of furan rings is 1. The molecule has 4 rings (SSSR count). The maximum atomic E-state index is 5.85. The van der Waals surface area contributed by atoms with E-state index in [1.54, 1.807) is 0 Å². The molecule has 1 unspecified atom stereocenters. The summed E-state index contributed by atoms with van der Waals surface area (Å²) in [5, 5.41) is 4.80. The zero-order chi connectivity index (χ0) is 13.4. The molecule has 0 bridgehead atoms. The van der Waals surface area contributed by atoms with E-state index in [9.17, 15) is 0 Å². The summed E-state index contributed by atoms with van der Waals surface area (Å²) < 4.78 is 5.85. The lowest BCUT2D eigenvalue weighted by atomic mass is 10.1. The van der Waals surface area contributed by atoms with Gasteiger partial charge in [-0.05, 0) is 36.1 Å². The molecule has 1 atom stereocenters. The lowest BCUT2D eigenvalue weighted by molar-refractivity contribution is 0.465. The van der Waals surface area contributed by atoms with E-state index in [1.165, 1.54) is 29.4 Å². The molecule has 1 aliphatic carbocycles.